The van der Waals surface area contributed by atoms with Crippen molar-refractivity contribution in [1.82, 2.24) is 4.98 Å². The Balaban J connectivity index is 2.54. The Morgan fingerprint density at radius 2 is 2.00 bits per heavy atom. The van der Waals surface area contributed by atoms with Crippen molar-refractivity contribution in [2.24, 2.45) is 5.41 Å². The Morgan fingerprint density at radius 3 is 2.60 bits per heavy atom. The van der Waals surface area contributed by atoms with Crippen molar-refractivity contribution in [3.05, 3.63) is 46.1 Å². The molecular formula is C15H16N2O3. The molecule has 104 valence electrons. The highest BCUT2D eigenvalue weighted by atomic mass is 16.6. The summed E-state index contributed by atoms with van der Waals surface area (Å²) in [6.45, 7) is 5.59. The van der Waals surface area contributed by atoms with Crippen LogP contribution in [0.4, 0.5) is 5.69 Å². The minimum Gasteiger partial charge on any atom is -0.299 e. The van der Waals surface area contributed by atoms with E-state index in [1.165, 1.54) is 12.3 Å². The van der Waals surface area contributed by atoms with Gasteiger partial charge in [0.25, 0.3) is 5.69 Å². The second-order valence-corrected chi connectivity index (χ2v) is 5.75. The van der Waals surface area contributed by atoms with Gasteiger partial charge in [-0.2, -0.15) is 0 Å². The predicted octanol–water partition coefficient (Wildman–Crippen LogP) is 3.30. The number of pyridine rings is 1. The average Bonchev–Trinajstić information content (AvgIpc) is 2.37. The van der Waals surface area contributed by atoms with Crippen LogP contribution in [-0.2, 0) is 11.2 Å². The van der Waals surface area contributed by atoms with Crippen molar-refractivity contribution in [1.29, 1.82) is 0 Å². The summed E-state index contributed by atoms with van der Waals surface area (Å²) in [5.74, 6) is 0.0940. The zero-order valence-electron chi connectivity index (χ0n) is 11.7. The summed E-state index contributed by atoms with van der Waals surface area (Å²) in [5.41, 5.74) is 0.638. The fourth-order valence-corrected chi connectivity index (χ4v) is 1.96. The number of nitro benzene ring substituents is 1. The van der Waals surface area contributed by atoms with E-state index in [9.17, 15) is 14.9 Å². The first-order valence-corrected chi connectivity index (χ1v) is 6.35. The van der Waals surface area contributed by atoms with Crippen molar-refractivity contribution in [2.75, 3.05) is 0 Å². The molecule has 0 atom stereocenters. The molecule has 2 rings (SSSR count). The molecular weight excluding hydrogens is 256 g/mol. The van der Waals surface area contributed by atoms with Gasteiger partial charge in [0.1, 0.15) is 11.3 Å². The molecule has 0 radical (unpaired) electrons. The lowest BCUT2D eigenvalue weighted by Crippen LogP contribution is -2.22. The monoisotopic (exact) mass is 272 g/mol. The number of aromatic nitrogens is 1. The van der Waals surface area contributed by atoms with E-state index in [0.717, 1.165) is 5.56 Å². The number of benzene rings is 1. The van der Waals surface area contributed by atoms with Gasteiger partial charge in [0.05, 0.1) is 4.92 Å². The summed E-state index contributed by atoms with van der Waals surface area (Å²) in [7, 11) is 0. The van der Waals surface area contributed by atoms with Crippen LogP contribution in [0.2, 0.25) is 0 Å². The van der Waals surface area contributed by atoms with E-state index >= 15 is 0 Å². The SMILES string of the molecule is CC(C)(C)C(=O)Cc1ccc([N+](=O)[O-])c2ncccc12. The van der Waals surface area contributed by atoms with E-state index in [0.29, 0.717) is 10.9 Å². The van der Waals surface area contributed by atoms with Crippen molar-refractivity contribution in [2.45, 2.75) is 27.2 Å². The topological polar surface area (TPSA) is 73.1 Å². The maximum absolute atomic E-state index is 12.1. The molecule has 5 heteroatoms. The van der Waals surface area contributed by atoms with E-state index in [1.807, 2.05) is 20.8 Å². The highest BCUT2D eigenvalue weighted by molar-refractivity contribution is 5.94. The summed E-state index contributed by atoms with van der Waals surface area (Å²) in [6, 6.07) is 6.55. The van der Waals surface area contributed by atoms with Gasteiger partial charge >= 0.3 is 0 Å². The zero-order chi connectivity index (χ0) is 14.9. The molecule has 2 aromatic rings. The Bertz CT molecular complexity index is 687. The predicted molar refractivity (Wildman–Crippen MR) is 76.6 cm³/mol. The van der Waals surface area contributed by atoms with E-state index < -0.39 is 10.3 Å². The summed E-state index contributed by atoms with van der Waals surface area (Å²) in [5, 5.41) is 11.7. The number of hydrogen-bond donors (Lipinski definition) is 0. The average molecular weight is 272 g/mol. The summed E-state index contributed by atoms with van der Waals surface area (Å²) in [4.78, 5) is 26.8. The van der Waals surface area contributed by atoms with Crippen LogP contribution in [0.25, 0.3) is 10.9 Å². The van der Waals surface area contributed by atoms with Crippen LogP contribution in [0, 0.1) is 15.5 Å². The molecule has 0 saturated carbocycles. The van der Waals surface area contributed by atoms with Crippen LogP contribution in [0.5, 0.6) is 0 Å². The van der Waals surface area contributed by atoms with Crippen molar-refractivity contribution in [3.8, 4) is 0 Å². The molecule has 5 nitrogen and oxygen atoms in total. The first-order valence-electron chi connectivity index (χ1n) is 6.35. The third kappa shape index (κ3) is 2.66. The third-order valence-electron chi connectivity index (χ3n) is 3.22. The molecule has 0 spiro atoms. The van der Waals surface area contributed by atoms with Crippen LogP contribution in [0.15, 0.2) is 30.5 Å². The van der Waals surface area contributed by atoms with Crippen LogP contribution in [0.1, 0.15) is 26.3 Å². The highest BCUT2D eigenvalue weighted by Gasteiger charge is 2.23. The van der Waals surface area contributed by atoms with Crippen LogP contribution < -0.4 is 0 Å². The normalized spacial score (nSPS) is 11.6. The number of nitrogens with zero attached hydrogens (tertiary/aromatic N) is 2. The van der Waals surface area contributed by atoms with Gasteiger partial charge in [-0.05, 0) is 11.6 Å². The first kappa shape index (κ1) is 14.1. The largest absolute Gasteiger partial charge is 0.299 e. The standard InChI is InChI=1S/C15H16N2O3/c1-15(2,3)13(18)9-10-6-7-12(17(19)20)14-11(10)5-4-8-16-14/h4-8H,9H2,1-3H3. The lowest BCUT2D eigenvalue weighted by Gasteiger charge is -2.17. The van der Waals surface area contributed by atoms with Crippen LogP contribution in [0.3, 0.4) is 0 Å². The molecule has 0 unspecified atom stereocenters. The van der Waals surface area contributed by atoms with Gasteiger partial charge < -0.3 is 0 Å². The smallest absolute Gasteiger partial charge is 0.295 e. The number of fused-ring (bicyclic) bond motifs is 1. The number of rotatable bonds is 3. The van der Waals surface area contributed by atoms with Crippen LogP contribution >= 0.6 is 0 Å². The van der Waals surface area contributed by atoms with Gasteiger partial charge in [0.15, 0.2) is 0 Å². The van der Waals surface area contributed by atoms with Gasteiger partial charge in [0, 0.05) is 29.5 Å². The van der Waals surface area contributed by atoms with Gasteiger partial charge in [-0.25, -0.2) is 4.98 Å². The van der Waals surface area contributed by atoms with Gasteiger partial charge in [-0.3, -0.25) is 14.9 Å². The van der Waals surface area contributed by atoms with Crippen molar-refractivity contribution in [3.63, 3.8) is 0 Å². The quantitative estimate of drug-likeness (QED) is 0.634. The third-order valence-corrected chi connectivity index (χ3v) is 3.22. The molecule has 0 aliphatic heterocycles. The van der Waals surface area contributed by atoms with Gasteiger partial charge in [-0.1, -0.05) is 32.9 Å². The number of non-ortho nitro benzene ring substituents is 1. The number of ketones is 1. The number of nitro groups is 1. The van der Waals surface area contributed by atoms with Crippen molar-refractivity contribution < 1.29 is 9.72 Å². The second-order valence-electron chi connectivity index (χ2n) is 5.75. The number of Topliss-reactive ketones (excluding diaryl/α,β-unsaturated/α-hetero) is 1. The zero-order valence-corrected chi connectivity index (χ0v) is 11.7. The fraction of sp³-hybridized carbons (Fsp3) is 0.333. The Morgan fingerprint density at radius 1 is 1.30 bits per heavy atom. The maximum atomic E-state index is 12.1. The molecule has 1 aromatic heterocycles. The molecule has 0 aliphatic carbocycles. The van der Waals surface area contributed by atoms with Gasteiger partial charge in [0.2, 0.25) is 0 Å². The fourth-order valence-electron chi connectivity index (χ4n) is 1.96. The van der Waals surface area contributed by atoms with E-state index in [-0.39, 0.29) is 17.9 Å². The van der Waals surface area contributed by atoms with Crippen LogP contribution in [-0.4, -0.2) is 15.7 Å². The minimum atomic E-state index is -0.454. The number of hydrogen-bond acceptors (Lipinski definition) is 4. The lowest BCUT2D eigenvalue weighted by molar-refractivity contribution is -0.383. The summed E-state index contributed by atoms with van der Waals surface area (Å²) >= 11 is 0. The van der Waals surface area contributed by atoms with E-state index in [1.54, 1.807) is 18.2 Å². The van der Waals surface area contributed by atoms with Gasteiger partial charge in [-0.15, -0.1) is 0 Å². The Hall–Kier alpha value is -2.30. The summed E-state index contributed by atoms with van der Waals surface area (Å²) < 4.78 is 0. The molecule has 20 heavy (non-hydrogen) atoms. The molecule has 1 heterocycles. The van der Waals surface area contributed by atoms with E-state index in [4.69, 9.17) is 0 Å². The molecule has 1 aromatic carbocycles. The highest BCUT2D eigenvalue weighted by Crippen LogP contribution is 2.28. The van der Waals surface area contributed by atoms with E-state index in [2.05, 4.69) is 4.98 Å². The Kier molecular flexibility index (Phi) is 3.53. The molecule has 0 N–H and O–H groups in total. The number of carbonyl (C=O) groups is 1. The number of carbonyl (C=O) groups excluding carboxylic acids is 1. The molecule has 0 bridgehead atoms. The molecule has 0 amide bonds. The second kappa shape index (κ2) is 5.00. The Labute approximate surface area is 116 Å². The molecule has 0 saturated heterocycles. The molecule has 0 fully saturated rings. The van der Waals surface area contributed by atoms with Crippen molar-refractivity contribution >= 4 is 22.4 Å². The lowest BCUT2D eigenvalue weighted by atomic mass is 9.86. The first-order chi connectivity index (χ1) is 9.30. The summed E-state index contributed by atoms with van der Waals surface area (Å²) in [6.07, 6.45) is 1.77. The minimum absolute atomic E-state index is 0.0347. The maximum Gasteiger partial charge on any atom is 0.295 e. The molecule has 0 aliphatic rings.